The van der Waals surface area contributed by atoms with Crippen LogP contribution in [0.4, 0.5) is 0 Å². The second-order valence-corrected chi connectivity index (χ2v) is 27.8. The van der Waals surface area contributed by atoms with Crippen LogP contribution in [0.1, 0.15) is 74.3 Å². The van der Waals surface area contributed by atoms with Gasteiger partial charge in [0.15, 0.2) is 0 Å². The molecule has 6 aromatic carbocycles. The fourth-order valence-electron chi connectivity index (χ4n) is 9.39. The van der Waals surface area contributed by atoms with Crippen molar-refractivity contribution in [1.29, 1.82) is 0 Å². The molecule has 2 heterocycles. The van der Waals surface area contributed by atoms with Crippen molar-refractivity contribution in [3.8, 4) is 0 Å². The van der Waals surface area contributed by atoms with Crippen molar-refractivity contribution in [2.24, 2.45) is 0 Å². The molecule has 0 N–H and O–H groups in total. The molecule has 0 amide bonds. The third-order valence-corrected chi connectivity index (χ3v) is 22.5. The van der Waals surface area contributed by atoms with Crippen molar-refractivity contribution in [3.63, 3.8) is 0 Å². The predicted octanol–water partition coefficient (Wildman–Crippen LogP) is 11.2. The fraction of sp³-hybridized carbons (Fsp3) is 0.214. The van der Waals surface area contributed by atoms with Crippen LogP contribution in [0.2, 0.25) is 15.2 Å². The summed E-state index contributed by atoms with van der Waals surface area (Å²) in [5.41, 5.74) is 5.77. The Kier molecular flexibility index (Phi) is 13.6. The largest absolute Gasteiger partial charge is 0.456 e. The molecule has 6 nitrogen and oxygen atoms in total. The molecule has 0 aliphatic carbocycles. The monoisotopic (exact) mass is 912 g/mol. The Labute approximate surface area is 391 Å². The van der Waals surface area contributed by atoms with E-state index in [-0.39, 0.29) is 16.7 Å². The molecule has 0 saturated heterocycles. The van der Waals surface area contributed by atoms with Crippen LogP contribution >= 0.6 is 11.6 Å². The number of pyridine rings is 1. The molecule has 8 rings (SSSR count). The number of nitrogens with zero attached hydrogens (tertiary/aromatic N) is 2. The number of aromatic nitrogens is 2. The fourth-order valence-corrected chi connectivity index (χ4v) is 18.6. The summed E-state index contributed by atoms with van der Waals surface area (Å²) >= 11 is 6.38. The number of hydrogen-bond donors (Lipinski definition) is 0. The van der Waals surface area contributed by atoms with Gasteiger partial charge in [-0.1, -0.05) is 223 Å². The third kappa shape index (κ3) is 9.60. The third-order valence-electron chi connectivity index (χ3n) is 12.4. The first kappa shape index (κ1) is 45.7. The molecule has 0 spiro atoms. The minimum Gasteiger partial charge on any atom is -0.456 e. The standard InChI is InChI=1S/C56H57ClN2O4Si2/c1-55(2,3)64(46-25-11-7-12-26-46,47-27-13-8-14-28-47)62-40-44-23-19-21-42(35-44)38-59-51-33-34-53(57)58-50(51)37-52(59)54(60)61-39-43-22-20-24-45(36-43)41-63-65(56(4,5)6,48-29-15-9-16-30-48)49-31-17-10-18-32-49/h7-37H,38-41H2,1-6H3. The summed E-state index contributed by atoms with van der Waals surface area (Å²) in [6, 6.07) is 64.6. The van der Waals surface area contributed by atoms with Gasteiger partial charge in [-0.2, -0.15) is 0 Å². The van der Waals surface area contributed by atoms with E-state index in [0.717, 1.165) is 27.8 Å². The van der Waals surface area contributed by atoms with E-state index in [2.05, 4.69) is 204 Å². The average Bonchev–Trinajstić information content (AvgIpc) is 3.66. The molecule has 8 aromatic rings. The maximum absolute atomic E-state index is 14.2. The second kappa shape index (κ2) is 19.3. The van der Waals surface area contributed by atoms with Crippen LogP contribution in [0.25, 0.3) is 11.0 Å². The predicted molar refractivity (Wildman–Crippen MR) is 271 cm³/mol. The molecule has 65 heavy (non-hydrogen) atoms. The van der Waals surface area contributed by atoms with Crippen molar-refractivity contribution >= 4 is 66.0 Å². The molecule has 0 radical (unpaired) electrons. The number of halogens is 1. The van der Waals surface area contributed by atoms with E-state index in [1.807, 2.05) is 22.8 Å². The van der Waals surface area contributed by atoms with Crippen molar-refractivity contribution in [1.82, 2.24) is 9.55 Å². The molecule has 2 aromatic heterocycles. The summed E-state index contributed by atoms with van der Waals surface area (Å²) in [6.07, 6.45) is 0. The van der Waals surface area contributed by atoms with Gasteiger partial charge in [-0.05, 0) is 71.3 Å². The lowest BCUT2D eigenvalue weighted by molar-refractivity contribution is 0.0461. The van der Waals surface area contributed by atoms with Gasteiger partial charge < -0.3 is 18.2 Å². The Morgan fingerprint density at radius 2 is 0.908 bits per heavy atom. The molecular weight excluding hydrogens is 856 g/mol. The first-order valence-electron chi connectivity index (χ1n) is 22.3. The van der Waals surface area contributed by atoms with Crippen LogP contribution in [0.3, 0.4) is 0 Å². The zero-order valence-corrected chi connectivity index (χ0v) is 40.9. The van der Waals surface area contributed by atoms with Crippen LogP contribution in [0.15, 0.2) is 188 Å². The molecule has 0 saturated carbocycles. The van der Waals surface area contributed by atoms with Crippen molar-refractivity contribution in [2.45, 2.75) is 78.0 Å². The maximum atomic E-state index is 14.2. The molecule has 0 fully saturated rings. The Morgan fingerprint density at radius 3 is 1.34 bits per heavy atom. The molecule has 0 unspecified atom stereocenters. The van der Waals surface area contributed by atoms with Gasteiger partial charge in [-0.15, -0.1) is 0 Å². The Hall–Kier alpha value is -5.88. The van der Waals surface area contributed by atoms with Gasteiger partial charge in [0, 0.05) is 6.54 Å². The molecule has 9 heteroatoms. The van der Waals surface area contributed by atoms with Gasteiger partial charge in [-0.25, -0.2) is 9.78 Å². The van der Waals surface area contributed by atoms with Crippen LogP contribution < -0.4 is 20.7 Å². The number of rotatable bonds is 15. The zero-order chi connectivity index (χ0) is 45.7. The van der Waals surface area contributed by atoms with E-state index in [1.54, 1.807) is 12.1 Å². The van der Waals surface area contributed by atoms with E-state index in [4.69, 9.17) is 25.2 Å². The van der Waals surface area contributed by atoms with Crippen LogP contribution in [0.5, 0.6) is 0 Å². The SMILES string of the molecule is CC(C)(C)[Si](OCc1cccc(COC(=O)c2cc3nc(Cl)ccc3n2Cc2cccc(CO[Si](c3ccccc3)(c3ccccc3)C(C)(C)C)c2)c1)(c1ccccc1)c1ccccc1. The van der Waals surface area contributed by atoms with E-state index >= 15 is 0 Å². The number of fused-ring (bicyclic) bond motifs is 1. The maximum Gasteiger partial charge on any atom is 0.355 e. The van der Waals surface area contributed by atoms with Crippen molar-refractivity contribution < 1.29 is 18.4 Å². The molecule has 330 valence electrons. The molecule has 0 atom stereocenters. The Balaban J connectivity index is 1.02. The molecular formula is C56H57ClN2O4Si2. The van der Waals surface area contributed by atoms with Crippen LogP contribution in [-0.2, 0) is 40.0 Å². The zero-order valence-electron chi connectivity index (χ0n) is 38.1. The van der Waals surface area contributed by atoms with Gasteiger partial charge >= 0.3 is 5.97 Å². The highest BCUT2D eigenvalue weighted by molar-refractivity contribution is 7.00. The first-order valence-corrected chi connectivity index (χ1v) is 26.5. The second-order valence-electron chi connectivity index (χ2n) is 18.8. The van der Waals surface area contributed by atoms with E-state index in [1.165, 1.54) is 20.7 Å². The van der Waals surface area contributed by atoms with Crippen molar-refractivity contribution in [3.05, 3.63) is 221 Å². The summed E-state index contributed by atoms with van der Waals surface area (Å²) in [5.74, 6) is -0.445. The minimum atomic E-state index is -2.76. The van der Waals surface area contributed by atoms with Gasteiger partial charge in [0.05, 0.1) is 24.2 Å². The molecule has 0 aliphatic rings. The number of esters is 1. The Bertz CT molecular complexity index is 2780. The summed E-state index contributed by atoms with van der Waals surface area (Å²) < 4.78 is 22.6. The lowest BCUT2D eigenvalue weighted by atomic mass is 10.1. The van der Waals surface area contributed by atoms with Gasteiger partial charge in [0.25, 0.3) is 16.6 Å². The smallest absolute Gasteiger partial charge is 0.355 e. The van der Waals surface area contributed by atoms with Crippen LogP contribution in [0, 0.1) is 0 Å². The number of ether oxygens (including phenoxy) is 1. The summed E-state index contributed by atoms with van der Waals surface area (Å²) in [7, 11) is -5.51. The van der Waals surface area contributed by atoms with Crippen LogP contribution in [-0.4, -0.2) is 32.2 Å². The number of hydrogen-bond acceptors (Lipinski definition) is 5. The summed E-state index contributed by atoms with van der Waals surface area (Å²) in [6.45, 7) is 15.1. The molecule has 0 aliphatic heterocycles. The quantitative estimate of drug-likeness (QED) is 0.0582. The van der Waals surface area contributed by atoms with E-state index in [0.29, 0.717) is 36.1 Å². The Morgan fingerprint density at radius 1 is 0.508 bits per heavy atom. The highest BCUT2D eigenvalue weighted by Crippen LogP contribution is 2.39. The van der Waals surface area contributed by atoms with E-state index < -0.39 is 22.6 Å². The normalized spacial score (nSPS) is 12.4. The lowest BCUT2D eigenvalue weighted by Crippen LogP contribution is -2.66. The van der Waals surface area contributed by atoms with Gasteiger partial charge in [0.1, 0.15) is 17.5 Å². The minimum absolute atomic E-state index is 0.0939. The topological polar surface area (TPSA) is 62.6 Å². The number of benzene rings is 6. The van der Waals surface area contributed by atoms with Gasteiger partial charge in [0.2, 0.25) is 0 Å². The lowest BCUT2D eigenvalue weighted by Gasteiger charge is -2.43. The average molecular weight is 914 g/mol. The number of carbonyl (C=O) groups is 1. The number of carbonyl (C=O) groups excluding carboxylic acids is 1. The van der Waals surface area contributed by atoms with Gasteiger partial charge in [-0.3, -0.25) is 0 Å². The highest BCUT2D eigenvalue weighted by Gasteiger charge is 2.51. The first-order chi connectivity index (χ1) is 31.3. The summed E-state index contributed by atoms with van der Waals surface area (Å²) in [4.78, 5) is 18.7. The summed E-state index contributed by atoms with van der Waals surface area (Å²) in [5, 5.41) is 4.97. The molecule has 0 bridgehead atoms. The van der Waals surface area contributed by atoms with E-state index in [9.17, 15) is 4.79 Å². The highest BCUT2D eigenvalue weighted by atomic mass is 35.5. The van der Waals surface area contributed by atoms with Crippen molar-refractivity contribution in [2.75, 3.05) is 0 Å².